The average Bonchev–Trinajstić information content (AvgIpc) is 2.49. The second-order valence-corrected chi connectivity index (χ2v) is 5.31. The van der Waals surface area contributed by atoms with Crippen LogP contribution in [-0.2, 0) is 4.74 Å². The summed E-state index contributed by atoms with van der Waals surface area (Å²) >= 11 is 0. The van der Waals surface area contributed by atoms with Crippen LogP contribution in [0.25, 0.3) is 6.08 Å². The molecule has 0 spiro atoms. The Bertz CT molecular complexity index is 403. The van der Waals surface area contributed by atoms with E-state index in [2.05, 4.69) is 41.2 Å². The van der Waals surface area contributed by atoms with Gasteiger partial charge in [-0.25, -0.2) is 4.98 Å². The van der Waals surface area contributed by atoms with Crippen molar-refractivity contribution in [3.63, 3.8) is 0 Å². The van der Waals surface area contributed by atoms with Gasteiger partial charge in [0.05, 0.1) is 13.2 Å². The molecule has 0 fully saturated rings. The van der Waals surface area contributed by atoms with Crippen LogP contribution < -0.4 is 5.32 Å². The number of hydrogen-bond acceptors (Lipinski definition) is 5. The van der Waals surface area contributed by atoms with Crippen LogP contribution in [0.5, 0.6) is 0 Å². The highest BCUT2D eigenvalue weighted by atomic mass is 16.5. The quantitative estimate of drug-likeness (QED) is 0.664. The molecule has 0 aliphatic rings. The molecule has 118 valence electrons. The van der Waals surface area contributed by atoms with E-state index in [9.17, 15) is 0 Å². The van der Waals surface area contributed by atoms with E-state index in [0.29, 0.717) is 6.61 Å². The van der Waals surface area contributed by atoms with E-state index < -0.39 is 0 Å². The van der Waals surface area contributed by atoms with Gasteiger partial charge in [-0.1, -0.05) is 12.2 Å². The molecule has 1 heterocycles. The van der Waals surface area contributed by atoms with E-state index in [1.165, 1.54) is 0 Å². The summed E-state index contributed by atoms with van der Waals surface area (Å²) in [6.45, 7) is 4.49. The van der Waals surface area contributed by atoms with Crippen molar-refractivity contribution in [2.75, 3.05) is 66.4 Å². The van der Waals surface area contributed by atoms with E-state index in [-0.39, 0.29) is 0 Å². The highest BCUT2D eigenvalue weighted by molar-refractivity contribution is 5.50. The molecule has 1 N–H and O–H groups in total. The molecule has 0 aliphatic carbocycles. The van der Waals surface area contributed by atoms with Crippen LogP contribution in [0.3, 0.4) is 0 Å². The van der Waals surface area contributed by atoms with Crippen LogP contribution >= 0.6 is 0 Å². The van der Waals surface area contributed by atoms with Crippen LogP contribution in [0.2, 0.25) is 0 Å². The molecular weight excluding hydrogens is 264 g/mol. The van der Waals surface area contributed by atoms with E-state index in [1.54, 1.807) is 0 Å². The van der Waals surface area contributed by atoms with Crippen molar-refractivity contribution in [1.82, 2.24) is 14.8 Å². The van der Waals surface area contributed by atoms with Gasteiger partial charge in [0, 0.05) is 32.9 Å². The summed E-state index contributed by atoms with van der Waals surface area (Å²) in [5.41, 5.74) is 1.08. The summed E-state index contributed by atoms with van der Waals surface area (Å²) in [6, 6.07) is 3.99. The fourth-order valence-electron chi connectivity index (χ4n) is 1.69. The molecule has 5 nitrogen and oxygen atoms in total. The molecule has 0 saturated carbocycles. The molecule has 1 rings (SSSR count). The first-order chi connectivity index (χ1) is 10.1. The first-order valence-electron chi connectivity index (χ1n) is 7.33. The number of hydrogen-bond donors (Lipinski definition) is 1. The lowest BCUT2D eigenvalue weighted by Crippen LogP contribution is -2.31. The Morgan fingerprint density at radius 1 is 1.19 bits per heavy atom. The molecule has 0 aromatic carbocycles. The number of aromatic nitrogens is 1. The third-order valence-electron chi connectivity index (χ3n) is 3.11. The Kier molecular flexibility index (Phi) is 8.66. The van der Waals surface area contributed by atoms with Gasteiger partial charge in [0.1, 0.15) is 5.82 Å². The molecule has 1 aromatic heterocycles. The third kappa shape index (κ3) is 8.45. The fraction of sp³-hybridized carbons (Fsp3) is 0.562. The Morgan fingerprint density at radius 3 is 2.62 bits per heavy atom. The molecular formula is C16H28N4O. The monoisotopic (exact) mass is 292 g/mol. The number of rotatable bonds is 10. The summed E-state index contributed by atoms with van der Waals surface area (Å²) in [4.78, 5) is 8.73. The van der Waals surface area contributed by atoms with Gasteiger partial charge < -0.3 is 19.9 Å². The van der Waals surface area contributed by atoms with Gasteiger partial charge in [-0.2, -0.15) is 0 Å². The number of nitrogens with one attached hydrogen (secondary N) is 1. The maximum Gasteiger partial charge on any atom is 0.125 e. The zero-order valence-corrected chi connectivity index (χ0v) is 13.7. The number of ether oxygens (including phenoxy) is 1. The zero-order valence-electron chi connectivity index (χ0n) is 13.7. The van der Waals surface area contributed by atoms with Crippen molar-refractivity contribution >= 4 is 11.9 Å². The average molecular weight is 292 g/mol. The maximum absolute atomic E-state index is 5.60. The predicted octanol–water partition coefficient (Wildman–Crippen LogP) is 1.65. The van der Waals surface area contributed by atoms with Gasteiger partial charge in [0.2, 0.25) is 0 Å². The topological polar surface area (TPSA) is 40.6 Å². The van der Waals surface area contributed by atoms with Crippen molar-refractivity contribution in [2.24, 2.45) is 0 Å². The lowest BCUT2D eigenvalue weighted by Gasteiger charge is -2.18. The highest BCUT2D eigenvalue weighted by Gasteiger charge is 1.98. The standard InChI is InChI=1S/C16H28N4O/c1-17-16-8-7-15(14-18-16)6-5-12-21-13-11-20(4)10-9-19(2)3/h5-8,14H,9-13H2,1-4H3,(H,17,18)/b6-5+. The van der Waals surface area contributed by atoms with Gasteiger partial charge in [-0.15, -0.1) is 0 Å². The molecule has 0 radical (unpaired) electrons. The summed E-state index contributed by atoms with van der Waals surface area (Å²) < 4.78 is 5.60. The van der Waals surface area contributed by atoms with E-state index in [4.69, 9.17) is 4.74 Å². The first-order valence-corrected chi connectivity index (χ1v) is 7.33. The second-order valence-electron chi connectivity index (χ2n) is 5.31. The molecule has 0 atom stereocenters. The van der Waals surface area contributed by atoms with Crippen LogP contribution in [0.1, 0.15) is 5.56 Å². The Balaban J connectivity index is 2.11. The summed E-state index contributed by atoms with van der Waals surface area (Å²) in [7, 11) is 8.17. The van der Waals surface area contributed by atoms with Gasteiger partial charge >= 0.3 is 0 Å². The third-order valence-corrected chi connectivity index (χ3v) is 3.11. The van der Waals surface area contributed by atoms with Crippen LogP contribution in [0, 0.1) is 0 Å². The Morgan fingerprint density at radius 2 is 2.00 bits per heavy atom. The Labute approximate surface area is 128 Å². The minimum atomic E-state index is 0.634. The normalized spacial score (nSPS) is 11.7. The lowest BCUT2D eigenvalue weighted by atomic mass is 10.2. The molecule has 0 amide bonds. The molecule has 0 bridgehead atoms. The predicted molar refractivity (Wildman–Crippen MR) is 89.7 cm³/mol. The first kappa shape index (κ1) is 17.6. The fourth-order valence-corrected chi connectivity index (χ4v) is 1.69. The van der Waals surface area contributed by atoms with Crippen molar-refractivity contribution in [1.29, 1.82) is 0 Å². The van der Waals surface area contributed by atoms with Crippen LogP contribution in [0.15, 0.2) is 24.4 Å². The molecule has 21 heavy (non-hydrogen) atoms. The summed E-state index contributed by atoms with van der Waals surface area (Å²) in [5.74, 6) is 0.879. The van der Waals surface area contributed by atoms with Crippen molar-refractivity contribution < 1.29 is 4.74 Å². The van der Waals surface area contributed by atoms with Gasteiger partial charge in [-0.3, -0.25) is 0 Å². The number of pyridine rings is 1. The minimum Gasteiger partial charge on any atom is -0.376 e. The van der Waals surface area contributed by atoms with E-state index in [1.807, 2.05) is 37.5 Å². The smallest absolute Gasteiger partial charge is 0.125 e. The van der Waals surface area contributed by atoms with E-state index in [0.717, 1.165) is 37.6 Å². The largest absolute Gasteiger partial charge is 0.376 e. The number of nitrogens with zero attached hydrogens (tertiary/aromatic N) is 3. The van der Waals surface area contributed by atoms with Crippen molar-refractivity contribution in [3.8, 4) is 0 Å². The van der Waals surface area contributed by atoms with Gasteiger partial charge in [0.15, 0.2) is 0 Å². The second kappa shape index (κ2) is 10.3. The SMILES string of the molecule is CNc1ccc(/C=C/COCCN(C)CCN(C)C)cn1. The summed E-state index contributed by atoms with van der Waals surface area (Å²) in [5, 5.41) is 3.00. The minimum absolute atomic E-state index is 0.634. The molecule has 5 heteroatoms. The molecule has 0 unspecified atom stereocenters. The lowest BCUT2D eigenvalue weighted by molar-refractivity contribution is 0.131. The molecule has 1 aromatic rings. The summed E-state index contributed by atoms with van der Waals surface area (Å²) in [6.07, 6.45) is 5.90. The molecule has 0 aliphatic heterocycles. The van der Waals surface area contributed by atoms with Crippen LogP contribution in [-0.4, -0.2) is 75.8 Å². The van der Waals surface area contributed by atoms with Gasteiger partial charge in [-0.05, 0) is 38.8 Å². The Hall–Kier alpha value is -1.43. The molecule has 0 saturated heterocycles. The van der Waals surface area contributed by atoms with Crippen molar-refractivity contribution in [3.05, 3.63) is 30.0 Å². The van der Waals surface area contributed by atoms with Crippen LogP contribution in [0.4, 0.5) is 5.82 Å². The highest BCUT2D eigenvalue weighted by Crippen LogP contribution is 2.05. The zero-order chi connectivity index (χ0) is 15.5. The number of likely N-dealkylation sites (N-methyl/N-ethyl adjacent to an activating group) is 2. The number of anilines is 1. The van der Waals surface area contributed by atoms with Crippen molar-refractivity contribution in [2.45, 2.75) is 0 Å². The van der Waals surface area contributed by atoms with Gasteiger partial charge in [0.25, 0.3) is 0 Å². The van der Waals surface area contributed by atoms with E-state index >= 15 is 0 Å². The maximum atomic E-state index is 5.60.